The van der Waals surface area contributed by atoms with Gasteiger partial charge in [-0.2, -0.15) is 0 Å². The average Bonchev–Trinajstić information content (AvgIpc) is 3.07. The second-order valence-electron chi connectivity index (χ2n) is 4.37. The van der Waals surface area contributed by atoms with Crippen molar-refractivity contribution in [2.45, 2.75) is 20.3 Å². The summed E-state index contributed by atoms with van der Waals surface area (Å²) in [5.74, 6) is 1.16. The van der Waals surface area contributed by atoms with Crippen LogP contribution < -0.4 is 5.73 Å². The maximum atomic E-state index is 5.95. The van der Waals surface area contributed by atoms with Crippen molar-refractivity contribution in [3.8, 4) is 21.1 Å². The van der Waals surface area contributed by atoms with Crippen LogP contribution in [-0.4, -0.2) is 15.0 Å². The van der Waals surface area contributed by atoms with Gasteiger partial charge in [0.15, 0.2) is 0 Å². The molecule has 0 atom stereocenters. The summed E-state index contributed by atoms with van der Waals surface area (Å²) in [5.41, 5.74) is 7.74. The minimum Gasteiger partial charge on any atom is -0.383 e. The lowest BCUT2D eigenvalue weighted by molar-refractivity contribution is 1.06. The first-order valence-electron chi connectivity index (χ1n) is 6.31. The number of anilines is 1. The van der Waals surface area contributed by atoms with Crippen LogP contribution in [0.5, 0.6) is 0 Å². The molecule has 102 valence electrons. The van der Waals surface area contributed by atoms with E-state index in [1.807, 2.05) is 6.92 Å². The minimum absolute atomic E-state index is 0.485. The molecule has 6 heteroatoms. The maximum absolute atomic E-state index is 5.95. The number of nitrogens with two attached hydrogens (primary N) is 1. The zero-order chi connectivity index (χ0) is 14.1. The average molecular weight is 302 g/mol. The number of hydrogen-bond acceptors (Lipinski definition) is 6. The third-order valence-corrected chi connectivity index (χ3v) is 5.06. The fraction of sp³-hybridized carbons (Fsp3) is 0.214. The maximum Gasteiger partial charge on any atom is 0.137 e. The van der Waals surface area contributed by atoms with Crippen molar-refractivity contribution < 1.29 is 0 Å². The summed E-state index contributed by atoms with van der Waals surface area (Å²) >= 11 is 3.35. The minimum atomic E-state index is 0.485. The summed E-state index contributed by atoms with van der Waals surface area (Å²) in [7, 11) is 0. The van der Waals surface area contributed by atoms with Crippen LogP contribution in [0.1, 0.15) is 17.6 Å². The van der Waals surface area contributed by atoms with E-state index in [0.29, 0.717) is 11.6 Å². The number of hydrogen-bond donors (Lipinski definition) is 1. The molecule has 2 N–H and O–H groups in total. The molecule has 0 bridgehead atoms. The quantitative estimate of drug-likeness (QED) is 0.799. The lowest BCUT2D eigenvalue weighted by Gasteiger charge is -2.00. The molecule has 0 fully saturated rings. The second kappa shape index (κ2) is 5.30. The molecule has 0 aliphatic heterocycles. The Balaban J connectivity index is 1.97. The van der Waals surface area contributed by atoms with Crippen molar-refractivity contribution in [2.24, 2.45) is 0 Å². The molecule has 0 radical (unpaired) electrons. The van der Waals surface area contributed by atoms with Gasteiger partial charge in [-0.25, -0.2) is 15.0 Å². The Morgan fingerprint density at radius 2 is 2.10 bits per heavy atom. The van der Waals surface area contributed by atoms with Gasteiger partial charge in [0.25, 0.3) is 0 Å². The molecule has 0 saturated carbocycles. The number of aromatic nitrogens is 3. The van der Waals surface area contributed by atoms with E-state index in [9.17, 15) is 0 Å². The van der Waals surface area contributed by atoms with E-state index in [1.165, 1.54) is 9.75 Å². The lowest BCUT2D eigenvalue weighted by Crippen LogP contribution is -1.97. The van der Waals surface area contributed by atoms with E-state index < -0.39 is 0 Å². The number of nitrogens with zero attached hydrogens (tertiary/aromatic N) is 3. The van der Waals surface area contributed by atoms with E-state index in [-0.39, 0.29) is 0 Å². The predicted molar refractivity (Wildman–Crippen MR) is 85.0 cm³/mol. The molecule has 0 spiro atoms. The molecular weight excluding hydrogens is 288 g/mol. The summed E-state index contributed by atoms with van der Waals surface area (Å²) in [6.07, 6.45) is 2.80. The van der Waals surface area contributed by atoms with E-state index in [2.05, 4.69) is 39.4 Å². The molecule has 3 rings (SSSR count). The molecule has 0 aromatic carbocycles. The number of aryl methyl sites for hydroxylation is 2. The van der Waals surface area contributed by atoms with Gasteiger partial charge in [-0.1, -0.05) is 6.92 Å². The zero-order valence-electron chi connectivity index (χ0n) is 11.3. The summed E-state index contributed by atoms with van der Waals surface area (Å²) in [4.78, 5) is 15.6. The Bertz CT molecular complexity index is 745. The van der Waals surface area contributed by atoms with E-state index in [0.717, 1.165) is 22.7 Å². The third kappa shape index (κ3) is 2.44. The van der Waals surface area contributed by atoms with Gasteiger partial charge < -0.3 is 5.73 Å². The molecule has 0 amide bonds. The molecule has 3 heterocycles. The third-order valence-electron chi connectivity index (χ3n) is 2.94. The lowest BCUT2D eigenvalue weighted by atomic mass is 10.3. The summed E-state index contributed by atoms with van der Waals surface area (Å²) < 4.78 is 0. The first kappa shape index (κ1) is 13.2. The van der Waals surface area contributed by atoms with Crippen molar-refractivity contribution in [3.63, 3.8) is 0 Å². The fourth-order valence-electron chi connectivity index (χ4n) is 1.87. The van der Waals surface area contributed by atoms with Gasteiger partial charge in [-0.3, -0.25) is 0 Å². The normalized spacial score (nSPS) is 10.9. The van der Waals surface area contributed by atoms with Gasteiger partial charge in [0.1, 0.15) is 16.6 Å². The molecule has 0 saturated heterocycles. The van der Waals surface area contributed by atoms with Crippen molar-refractivity contribution >= 4 is 28.5 Å². The Morgan fingerprint density at radius 3 is 2.80 bits per heavy atom. The number of thiazole rings is 1. The first-order valence-corrected chi connectivity index (χ1v) is 8.01. The van der Waals surface area contributed by atoms with Gasteiger partial charge in [0.05, 0.1) is 16.1 Å². The van der Waals surface area contributed by atoms with E-state index in [4.69, 9.17) is 5.73 Å². The standard InChI is InChI=1S/C14H14N4S2/c1-3-9-4-5-12(20-9)11-7-19-14(18-11)10-6-16-8(2)17-13(10)15/h4-7H,3H2,1-2H3,(H2,15,16,17). The largest absolute Gasteiger partial charge is 0.383 e. The Hall–Kier alpha value is -1.79. The highest BCUT2D eigenvalue weighted by Gasteiger charge is 2.12. The van der Waals surface area contributed by atoms with Crippen LogP contribution in [0.3, 0.4) is 0 Å². The summed E-state index contributed by atoms with van der Waals surface area (Å²) in [6.45, 7) is 3.98. The van der Waals surface area contributed by atoms with Crippen LogP contribution in [-0.2, 0) is 6.42 Å². The van der Waals surface area contributed by atoms with Crippen LogP contribution >= 0.6 is 22.7 Å². The van der Waals surface area contributed by atoms with Gasteiger partial charge in [-0.15, -0.1) is 22.7 Å². The second-order valence-corrected chi connectivity index (χ2v) is 6.40. The van der Waals surface area contributed by atoms with Gasteiger partial charge in [-0.05, 0) is 25.5 Å². The highest BCUT2D eigenvalue weighted by molar-refractivity contribution is 7.16. The monoisotopic (exact) mass is 302 g/mol. The Morgan fingerprint density at radius 1 is 1.25 bits per heavy atom. The molecule has 20 heavy (non-hydrogen) atoms. The highest BCUT2D eigenvalue weighted by Crippen LogP contribution is 2.34. The van der Waals surface area contributed by atoms with Gasteiger partial charge in [0.2, 0.25) is 0 Å². The Labute approximate surface area is 125 Å². The number of nitrogen functional groups attached to an aromatic ring is 1. The van der Waals surface area contributed by atoms with E-state index >= 15 is 0 Å². The van der Waals surface area contributed by atoms with Crippen molar-refractivity contribution in [3.05, 3.63) is 34.4 Å². The molecule has 0 aliphatic rings. The predicted octanol–water partition coefficient (Wildman–Crippen LogP) is 3.78. The number of rotatable bonds is 3. The topological polar surface area (TPSA) is 64.7 Å². The molecule has 0 unspecified atom stereocenters. The summed E-state index contributed by atoms with van der Waals surface area (Å²) in [6, 6.07) is 4.28. The van der Waals surface area contributed by atoms with E-state index in [1.54, 1.807) is 28.9 Å². The number of thiophene rings is 1. The Kier molecular flexibility index (Phi) is 3.50. The van der Waals surface area contributed by atoms with Crippen LogP contribution in [0.2, 0.25) is 0 Å². The van der Waals surface area contributed by atoms with Crippen molar-refractivity contribution in [1.82, 2.24) is 15.0 Å². The fourth-order valence-corrected chi connectivity index (χ4v) is 3.69. The van der Waals surface area contributed by atoms with Crippen molar-refractivity contribution in [1.29, 1.82) is 0 Å². The SMILES string of the molecule is CCc1ccc(-c2csc(-c3cnc(C)nc3N)n2)s1. The molecule has 4 nitrogen and oxygen atoms in total. The molecule has 0 aliphatic carbocycles. The van der Waals surface area contributed by atoms with Crippen molar-refractivity contribution in [2.75, 3.05) is 5.73 Å². The molecule has 3 aromatic rings. The molecule has 3 aromatic heterocycles. The van der Waals surface area contributed by atoms with Gasteiger partial charge in [0, 0.05) is 16.5 Å². The van der Waals surface area contributed by atoms with Gasteiger partial charge >= 0.3 is 0 Å². The van der Waals surface area contributed by atoms with Crippen LogP contribution in [0.25, 0.3) is 21.1 Å². The molecular formula is C14H14N4S2. The summed E-state index contributed by atoms with van der Waals surface area (Å²) in [5, 5.41) is 2.92. The van der Waals surface area contributed by atoms with Crippen LogP contribution in [0.15, 0.2) is 23.7 Å². The highest BCUT2D eigenvalue weighted by atomic mass is 32.1. The zero-order valence-corrected chi connectivity index (χ0v) is 12.9. The smallest absolute Gasteiger partial charge is 0.137 e. The first-order chi connectivity index (χ1) is 9.67. The van der Waals surface area contributed by atoms with Crippen LogP contribution in [0.4, 0.5) is 5.82 Å². The van der Waals surface area contributed by atoms with Crippen LogP contribution in [0, 0.1) is 6.92 Å².